The van der Waals surface area contributed by atoms with Crippen LogP contribution in [-0.2, 0) is 0 Å². The maximum Gasteiger partial charge on any atom is 0.276 e. The first-order valence-electron chi connectivity index (χ1n) is 9.16. The lowest BCUT2D eigenvalue weighted by atomic mass is 10.1. The van der Waals surface area contributed by atoms with Gasteiger partial charge in [0.25, 0.3) is 11.5 Å². The molecule has 7 nitrogen and oxygen atoms in total. The second-order valence-corrected chi connectivity index (χ2v) is 7.91. The van der Waals surface area contributed by atoms with Gasteiger partial charge in [-0.3, -0.25) is 9.59 Å². The standard InChI is InChI=1S/C20H19N5O2S/c1-24-4-6-25(7-5-24)20(27)12-2-3-14-13(8-12)9-15(21-14)18-19(26)23-17-11-28-10-16(17)22-18/h2-3,8-11,21H,4-7H2,1H3,(H,23,26). The van der Waals surface area contributed by atoms with Gasteiger partial charge in [-0.15, -0.1) is 11.3 Å². The van der Waals surface area contributed by atoms with Gasteiger partial charge < -0.3 is 19.8 Å². The molecule has 3 aromatic heterocycles. The van der Waals surface area contributed by atoms with Crippen molar-refractivity contribution in [2.75, 3.05) is 33.2 Å². The number of thiophene rings is 1. The molecular weight excluding hydrogens is 374 g/mol. The van der Waals surface area contributed by atoms with Crippen LogP contribution in [0.5, 0.6) is 0 Å². The van der Waals surface area contributed by atoms with E-state index in [0.29, 0.717) is 17.0 Å². The Morgan fingerprint density at radius 2 is 1.89 bits per heavy atom. The van der Waals surface area contributed by atoms with Crippen molar-refractivity contribution >= 4 is 39.2 Å². The van der Waals surface area contributed by atoms with Gasteiger partial charge in [0.05, 0.1) is 16.7 Å². The summed E-state index contributed by atoms with van der Waals surface area (Å²) in [7, 11) is 2.07. The van der Waals surface area contributed by atoms with Crippen molar-refractivity contribution in [2.24, 2.45) is 0 Å². The Hall–Kier alpha value is -2.97. The van der Waals surface area contributed by atoms with E-state index >= 15 is 0 Å². The fourth-order valence-corrected chi connectivity index (χ4v) is 4.28. The molecule has 4 aromatic rings. The summed E-state index contributed by atoms with van der Waals surface area (Å²) in [4.78, 5) is 40.0. The Labute approximate surface area is 164 Å². The van der Waals surface area contributed by atoms with Crippen LogP contribution in [-0.4, -0.2) is 63.9 Å². The van der Waals surface area contributed by atoms with E-state index in [0.717, 1.165) is 48.1 Å². The van der Waals surface area contributed by atoms with Gasteiger partial charge in [0.2, 0.25) is 0 Å². The Morgan fingerprint density at radius 3 is 2.71 bits per heavy atom. The van der Waals surface area contributed by atoms with Crippen molar-refractivity contribution in [2.45, 2.75) is 0 Å². The molecule has 8 heteroatoms. The number of H-pyrrole nitrogens is 2. The molecule has 0 aliphatic carbocycles. The molecule has 0 unspecified atom stereocenters. The smallest absolute Gasteiger partial charge is 0.276 e. The minimum atomic E-state index is -0.230. The number of fused-ring (bicyclic) bond motifs is 2. The zero-order chi connectivity index (χ0) is 19.3. The highest BCUT2D eigenvalue weighted by Gasteiger charge is 2.21. The van der Waals surface area contributed by atoms with Crippen LogP contribution in [0.15, 0.2) is 39.8 Å². The average molecular weight is 393 g/mol. The van der Waals surface area contributed by atoms with E-state index in [1.165, 1.54) is 11.3 Å². The lowest BCUT2D eigenvalue weighted by Crippen LogP contribution is -2.47. The minimum Gasteiger partial charge on any atom is -0.353 e. The Kier molecular flexibility index (Phi) is 4.03. The van der Waals surface area contributed by atoms with Crippen LogP contribution in [0.1, 0.15) is 10.4 Å². The molecule has 0 radical (unpaired) electrons. The Balaban J connectivity index is 1.50. The summed E-state index contributed by atoms with van der Waals surface area (Å²) in [5, 5.41) is 4.67. The van der Waals surface area contributed by atoms with Crippen LogP contribution in [0.2, 0.25) is 0 Å². The highest BCUT2D eigenvalue weighted by atomic mass is 32.1. The number of nitrogens with one attached hydrogen (secondary N) is 2. The lowest BCUT2D eigenvalue weighted by Gasteiger charge is -2.32. The molecule has 0 bridgehead atoms. The largest absolute Gasteiger partial charge is 0.353 e. The molecule has 1 aliphatic rings. The molecule has 4 heterocycles. The molecule has 1 aliphatic heterocycles. The van der Waals surface area contributed by atoms with E-state index in [9.17, 15) is 9.59 Å². The zero-order valence-corrected chi connectivity index (χ0v) is 16.2. The van der Waals surface area contributed by atoms with Crippen molar-refractivity contribution in [1.29, 1.82) is 0 Å². The maximum atomic E-state index is 12.8. The van der Waals surface area contributed by atoms with Gasteiger partial charge in [0.15, 0.2) is 5.69 Å². The van der Waals surface area contributed by atoms with Gasteiger partial charge in [0, 0.05) is 53.4 Å². The summed E-state index contributed by atoms with van der Waals surface area (Å²) in [6.45, 7) is 3.26. The van der Waals surface area contributed by atoms with Gasteiger partial charge >= 0.3 is 0 Å². The molecule has 0 saturated carbocycles. The van der Waals surface area contributed by atoms with E-state index in [-0.39, 0.29) is 11.5 Å². The average Bonchev–Trinajstić information content (AvgIpc) is 3.32. The molecular formula is C20H19N5O2S. The van der Waals surface area contributed by atoms with Crippen LogP contribution in [0.4, 0.5) is 0 Å². The van der Waals surface area contributed by atoms with Gasteiger partial charge in [-0.1, -0.05) is 0 Å². The van der Waals surface area contributed by atoms with Crippen LogP contribution < -0.4 is 5.56 Å². The molecule has 2 N–H and O–H groups in total. The number of piperazine rings is 1. The predicted molar refractivity (Wildman–Crippen MR) is 111 cm³/mol. The summed E-state index contributed by atoms with van der Waals surface area (Å²) in [5.74, 6) is 0.0495. The van der Waals surface area contributed by atoms with Crippen molar-refractivity contribution in [3.05, 3.63) is 50.9 Å². The number of benzene rings is 1. The molecule has 28 heavy (non-hydrogen) atoms. The van der Waals surface area contributed by atoms with Crippen molar-refractivity contribution in [1.82, 2.24) is 24.8 Å². The summed E-state index contributed by atoms with van der Waals surface area (Å²) in [5.41, 5.74) is 3.82. The lowest BCUT2D eigenvalue weighted by molar-refractivity contribution is 0.0664. The van der Waals surface area contributed by atoms with Crippen molar-refractivity contribution in [3.63, 3.8) is 0 Å². The van der Waals surface area contributed by atoms with E-state index in [1.54, 1.807) is 0 Å². The van der Waals surface area contributed by atoms with E-state index in [1.807, 2.05) is 39.9 Å². The predicted octanol–water partition coefficient (Wildman–Crippen LogP) is 2.52. The van der Waals surface area contributed by atoms with Crippen LogP contribution in [0.3, 0.4) is 0 Å². The van der Waals surface area contributed by atoms with Crippen molar-refractivity contribution < 1.29 is 4.79 Å². The fraction of sp³-hybridized carbons (Fsp3) is 0.250. The van der Waals surface area contributed by atoms with E-state index in [2.05, 4.69) is 26.9 Å². The quantitative estimate of drug-likeness (QED) is 0.548. The molecule has 0 spiro atoms. The number of nitrogens with zero attached hydrogens (tertiary/aromatic N) is 3. The number of carbonyl (C=O) groups excluding carboxylic acids is 1. The molecule has 1 fully saturated rings. The second kappa shape index (κ2) is 6.57. The Morgan fingerprint density at radius 1 is 1.07 bits per heavy atom. The number of rotatable bonds is 2. The van der Waals surface area contributed by atoms with Gasteiger partial charge in [-0.05, 0) is 31.3 Å². The number of aromatic nitrogens is 3. The normalized spacial score (nSPS) is 15.5. The van der Waals surface area contributed by atoms with Crippen LogP contribution in [0, 0.1) is 0 Å². The number of hydrogen-bond donors (Lipinski definition) is 2. The third-order valence-electron chi connectivity index (χ3n) is 5.25. The van der Waals surface area contributed by atoms with Crippen LogP contribution in [0.25, 0.3) is 33.3 Å². The highest BCUT2D eigenvalue weighted by molar-refractivity contribution is 7.09. The minimum absolute atomic E-state index is 0.0495. The summed E-state index contributed by atoms with van der Waals surface area (Å²) in [6.07, 6.45) is 0. The van der Waals surface area contributed by atoms with Gasteiger partial charge in [-0.25, -0.2) is 4.98 Å². The van der Waals surface area contributed by atoms with E-state index in [4.69, 9.17) is 0 Å². The van der Waals surface area contributed by atoms with E-state index < -0.39 is 0 Å². The van der Waals surface area contributed by atoms with Crippen molar-refractivity contribution in [3.8, 4) is 11.4 Å². The number of aromatic amines is 2. The Bertz CT molecular complexity index is 1250. The zero-order valence-electron chi connectivity index (χ0n) is 15.4. The number of carbonyl (C=O) groups is 1. The summed E-state index contributed by atoms with van der Waals surface area (Å²) in [6, 6.07) is 7.49. The number of amides is 1. The molecule has 142 valence electrons. The molecule has 1 saturated heterocycles. The second-order valence-electron chi connectivity index (χ2n) is 7.17. The molecule has 5 rings (SSSR count). The maximum absolute atomic E-state index is 12.8. The SMILES string of the molecule is CN1CCN(C(=O)c2ccc3[nH]c(-c4nc5cscc5[nH]c4=O)cc3c2)CC1. The summed E-state index contributed by atoms with van der Waals surface area (Å²) >= 11 is 1.50. The topological polar surface area (TPSA) is 85.1 Å². The number of likely N-dealkylation sites (N-methyl/N-ethyl adjacent to an activating group) is 1. The molecule has 0 atom stereocenters. The molecule has 1 amide bonds. The van der Waals surface area contributed by atoms with Gasteiger partial charge in [-0.2, -0.15) is 0 Å². The molecule has 1 aromatic carbocycles. The monoisotopic (exact) mass is 393 g/mol. The number of hydrogen-bond acceptors (Lipinski definition) is 5. The third-order valence-corrected chi connectivity index (χ3v) is 5.98. The first kappa shape index (κ1) is 17.2. The first-order valence-corrected chi connectivity index (χ1v) is 10.1. The summed E-state index contributed by atoms with van der Waals surface area (Å²) < 4.78 is 0. The first-order chi connectivity index (χ1) is 13.6. The van der Waals surface area contributed by atoms with Gasteiger partial charge in [0.1, 0.15) is 0 Å². The highest BCUT2D eigenvalue weighted by Crippen LogP contribution is 2.24. The third kappa shape index (κ3) is 2.90. The van der Waals surface area contributed by atoms with Crippen LogP contribution >= 0.6 is 11.3 Å². The fourth-order valence-electron chi connectivity index (χ4n) is 3.59.